The van der Waals surface area contributed by atoms with Gasteiger partial charge in [-0.05, 0) is 24.6 Å². The number of alkyl halides is 1. The Morgan fingerprint density at radius 2 is 1.93 bits per heavy atom. The van der Waals surface area contributed by atoms with E-state index in [1.165, 1.54) is 24.7 Å². The summed E-state index contributed by atoms with van der Waals surface area (Å²) in [6.07, 6.45) is 2.78. The monoisotopic (exact) mass is 428 g/mol. The van der Waals surface area contributed by atoms with Gasteiger partial charge in [0.2, 0.25) is 15.9 Å². The van der Waals surface area contributed by atoms with E-state index in [2.05, 4.69) is 24.9 Å². The molecule has 3 N–H and O–H groups in total. The van der Waals surface area contributed by atoms with Crippen molar-refractivity contribution in [2.45, 2.75) is 18.5 Å². The number of ether oxygens (including phenoxy) is 1. The van der Waals surface area contributed by atoms with Crippen molar-refractivity contribution >= 4 is 21.3 Å². The number of nitrogens with zero attached hydrogens (tertiary/aromatic N) is 4. The van der Waals surface area contributed by atoms with Gasteiger partial charge in [-0.1, -0.05) is 12.1 Å². The van der Waals surface area contributed by atoms with Crippen molar-refractivity contribution in [3.05, 3.63) is 48.4 Å². The third-order valence-corrected chi connectivity index (χ3v) is 5.33. The molecular formula is C19H17FN6O3S. The first kappa shape index (κ1) is 19.9. The van der Waals surface area contributed by atoms with Crippen molar-refractivity contribution < 1.29 is 17.5 Å². The van der Waals surface area contributed by atoms with Gasteiger partial charge < -0.3 is 9.72 Å². The molecule has 1 aromatic carbocycles. The highest BCUT2D eigenvalue weighted by Gasteiger charge is 2.25. The number of H-pyrrole nitrogens is 1. The maximum atomic E-state index is 14.0. The van der Waals surface area contributed by atoms with Crippen molar-refractivity contribution in [1.82, 2.24) is 24.9 Å². The minimum absolute atomic E-state index is 0.109. The number of hydrogen-bond acceptors (Lipinski definition) is 7. The van der Waals surface area contributed by atoms with Crippen LogP contribution in [0.4, 0.5) is 4.39 Å². The van der Waals surface area contributed by atoms with Gasteiger partial charge in [-0.25, -0.2) is 37.9 Å². The van der Waals surface area contributed by atoms with Gasteiger partial charge >= 0.3 is 0 Å². The second kappa shape index (κ2) is 7.76. The molecule has 11 heteroatoms. The van der Waals surface area contributed by atoms with Crippen molar-refractivity contribution in [1.29, 1.82) is 0 Å². The van der Waals surface area contributed by atoms with Crippen LogP contribution < -0.4 is 9.88 Å². The number of halogens is 1. The summed E-state index contributed by atoms with van der Waals surface area (Å²) < 4.78 is 44.1. The van der Waals surface area contributed by atoms with Crippen LogP contribution in [0.25, 0.3) is 33.8 Å². The molecule has 4 rings (SSSR count). The Morgan fingerprint density at radius 3 is 2.67 bits per heavy atom. The Morgan fingerprint density at radius 1 is 1.10 bits per heavy atom. The highest BCUT2D eigenvalue weighted by Crippen LogP contribution is 2.39. The molecule has 9 nitrogen and oxygen atoms in total. The molecule has 0 aliphatic heterocycles. The van der Waals surface area contributed by atoms with Crippen molar-refractivity contribution in [2.75, 3.05) is 6.61 Å². The Labute approximate surface area is 171 Å². The van der Waals surface area contributed by atoms with E-state index in [4.69, 9.17) is 9.88 Å². The molecule has 0 saturated carbocycles. The lowest BCUT2D eigenvalue weighted by molar-refractivity contribution is 0.327. The Balaban J connectivity index is 2.08. The van der Waals surface area contributed by atoms with Gasteiger partial charge in [-0.3, -0.25) is 0 Å². The SMILES string of the molecule is CCOc1cccc(-c2c(CF)ccc(S(N)(=O)=O)c2-c2cnc3nc[nH]c3n2)n1. The van der Waals surface area contributed by atoms with Crippen molar-refractivity contribution in [3.63, 3.8) is 0 Å². The number of pyridine rings is 1. The van der Waals surface area contributed by atoms with E-state index in [-0.39, 0.29) is 27.3 Å². The van der Waals surface area contributed by atoms with E-state index < -0.39 is 16.7 Å². The average molecular weight is 428 g/mol. The largest absolute Gasteiger partial charge is 0.478 e. The highest BCUT2D eigenvalue weighted by molar-refractivity contribution is 7.89. The molecule has 0 amide bonds. The fourth-order valence-corrected chi connectivity index (χ4v) is 3.90. The molecule has 3 aromatic heterocycles. The minimum atomic E-state index is -4.17. The van der Waals surface area contributed by atoms with Gasteiger partial charge in [0, 0.05) is 17.2 Å². The summed E-state index contributed by atoms with van der Waals surface area (Å²) in [5, 5.41) is 5.47. The summed E-state index contributed by atoms with van der Waals surface area (Å²) in [5.41, 5.74) is 1.79. The van der Waals surface area contributed by atoms with Crippen LogP contribution >= 0.6 is 0 Å². The number of benzene rings is 1. The summed E-state index contributed by atoms with van der Waals surface area (Å²) in [6, 6.07) is 7.61. The number of hydrogen-bond donors (Lipinski definition) is 2. The first-order valence-corrected chi connectivity index (χ1v) is 10.5. The van der Waals surface area contributed by atoms with Crippen LogP contribution in [0.2, 0.25) is 0 Å². The number of aromatic nitrogens is 5. The molecule has 0 fully saturated rings. The third kappa shape index (κ3) is 3.60. The number of fused-ring (bicyclic) bond motifs is 1. The molecule has 0 spiro atoms. The molecule has 154 valence electrons. The second-order valence-corrected chi connectivity index (χ2v) is 7.81. The first-order valence-electron chi connectivity index (χ1n) is 8.93. The van der Waals surface area contributed by atoms with Crippen LogP contribution in [-0.4, -0.2) is 39.9 Å². The van der Waals surface area contributed by atoms with E-state index in [1.54, 1.807) is 18.2 Å². The normalized spacial score (nSPS) is 11.7. The van der Waals surface area contributed by atoms with E-state index in [0.717, 1.165) is 0 Å². The quantitative estimate of drug-likeness (QED) is 0.481. The maximum Gasteiger partial charge on any atom is 0.238 e. The number of rotatable bonds is 6. The minimum Gasteiger partial charge on any atom is -0.478 e. The van der Waals surface area contributed by atoms with Crippen LogP contribution in [-0.2, 0) is 16.7 Å². The Bertz CT molecular complexity index is 1340. The molecule has 0 aliphatic rings. The van der Waals surface area contributed by atoms with Crippen LogP contribution in [0.15, 0.2) is 47.8 Å². The van der Waals surface area contributed by atoms with Gasteiger partial charge in [0.25, 0.3) is 0 Å². The molecule has 30 heavy (non-hydrogen) atoms. The van der Waals surface area contributed by atoms with E-state index >= 15 is 0 Å². The summed E-state index contributed by atoms with van der Waals surface area (Å²) in [5.74, 6) is 0.321. The number of sulfonamides is 1. The molecule has 3 heterocycles. The smallest absolute Gasteiger partial charge is 0.238 e. The lowest BCUT2D eigenvalue weighted by atomic mass is 9.96. The second-order valence-electron chi connectivity index (χ2n) is 6.28. The zero-order valence-corrected chi connectivity index (χ0v) is 16.6. The summed E-state index contributed by atoms with van der Waals surface area (Å²) >= 11 is 0. The van der Waals surface area contributed by atoms with Crippen LogP contribution in [0.3, 0.4) is 0 Å². The average Bonchev–Trinajstić information content (AvgIpc) is 3.20. The Kier molecular flexibility index (Phi) is 5.14. The summed E-state index contributed by atoms with van der Waals surface area (Å²) in [7, 11) is -4.17. The van der Waals surface area contributed by atoms with Crippen molar-refractivity contribution in [2.24, 2.45) is 5.14 Å². The topological polar surface area (TPSA) is 137 Å². The lowest BCUT2D eigenvalue weighted by Gasteiger charge is -2.16. The van der Waals surface area contributed by atoms with Crippen LogP contribution in [0.1, 0.15) is 12.5 Å². The lowest BCUT2D eigenvalue weighted by Crippen LogP contribution is -2.15. The van der Waals surface area contributed by atoms with Gasteiger partial charge in [0.1, 0.15) is 6.67 Å². The van der Waals surface area contributed by atoms with Gasteiger partial charge in [-0.2, -0.15) is 0 Å². The highest BCUT2D eigenvalue weighted by atomic mass is 32.2. The zero-order chi connectivity index (χ0) is 21.3. The van der Waals surface area contributed by atoms with E-state index in [9.17, 15) is 12.8 Å². The first-order chi connectivity index (χ1) is 14.4. The van der Waals surface area contributed by atoms with Gasteiger partial charge in [0.05, 0.1) is 35.4 Å². The fourth-order valence-electron chi connectivity index (χ4n) is 3.15. The van der Waals surface area contributed by atoms with E-state index in [1.807, 2.05) is 6.92 Å². The molecule has 0 bridgehead atoms. The fraction of sp³-hybridized carbons (Fsp3) is 0.158. The molecule has 0 atom stereocenters. The van der Waals surface area contributed by atoms with Crippen molar-refractivity contribution in [3.8, 4) is 28.4 Å². The zero-order valence-electron chi connectivity index (χ0n) is 15.8. The number of imidazole rings is 1. The molecule has 0 unspecified atom stereocenters. The number of nitrogens with one attached hydrogen (secondary N) is 1. The molecule has 0 aliphatic carbocycles. The molecule has 0 radical (unpaired) electrons. The Hall–Kier alpha value is -3.44. The summed E-state index contributed by atoms with van der Waals surface area (Å²) in [6.45, 7) is 1.34. The van der Waals surface area contributed by atoms with Gasteiger partial charge in [-0.15, -0.1) is 0 Å². The van der Waals surface area contributed by atoms with Gasteiger partial charge in [0.15, 0.2) is 11.3 Å². The predicted molar refractivity (Wildman–Crippen MR) is 108 cm³/mol. The maximum absolute atomic E-state index is 14.0. The number of aromatic amines is 1. The standard InChI is InChI=1S/C19H17FN6O3S/c1-2-29-15-5-3-4-12(25-15)16-11(8-20)6-7-14(30(21,27)28)17(16)13-9-22-18-19(26-13)24-10-23-18/h3-7,9-10H,2,8H2,1H3,(H2,21,27,28)(H,22,23,24,26). The molecule has 0 saturated heterocycles. The van der Waals surface area contributed by atoms with Crippen LogP contribution in [0, 0.1) is 0 Å². The molecule has 4 aromatic rings. The van der Waals surface area contributed by atoms with E-state index in [0.29, 0.717) is 29.5 Å². The molecular weight excluding hydrogens is 411 g/mol. The predicted octanol–water partition coefficient (Wildman–Crippen LogP) is 2.60. The number of primary sulfonamides is 1. The third-order valence-electron chi connectivity index (χ3n) is 4.37. The number of nitrogens with two attached hydrogens (primary N) is 1. The summed E-state index contributed by atoms with van der Waals surface area (Å²) in [4.78, 5) is 19.6. The van der Waals surface area contributed by atoms with Crippen LogP contribution in [0.5, 0.6) is 5.88 Å².